The van der Waals surface area contributed by atoms with E-state index in [1.807, 2.05) is 66.9 Å². The zero-order valence-electron chi connectivity index (χ0n) is 10.3. The van der Waals surface area contributed by atoms with Crippen LogP contribution in [0.2, 0.25) is 0 Å². The molecule has 0 amide bonds. The lowest BCUT2D eigenvalue weighted by Crippen LogP contribution is -2.39. The Morgan fingerprint density at radius 3 is 2.26 bits per heavy atom. The van der Waals surface area contributed by atoms with Gasteiger partial charge >= 0.3 is 0 Å². The number of nitrogens with one attached hydrogen (secondary N) is 1. The highest BCUT2D eigenvalue weighted by atomic mass is 15.4. The number of benzene rings is 2. The van der Waals surface area contributed by atoms with E-state index in [-0.39, 0.29) is 5.92 Å². The molecule has 1 N–H and O–H groups in total. The third-order valence-electron chi connectivity index (χ3n) is 3.50. The van der Waals surface area contributed by atoms with Crippen LogP contribution in [0.1, 0.15) is 17.0 Å². The molecule has 0 radical (unpaired) electrons. The summed E-state index contributed by atoms with van der Waals surface area (Å²) in [6.07, 6.45) is 1.81. The minimum absolute atomic E-state index is 0.0823. The lowest BCUT2D eigenvalue weighted by Gasteiger charge is -2.28. The molecule has 2 unspecified atom stereocenters. The Balaban J connectivity index is 2.10. The molecule has 3 nitrogen and oxygen atoms in total. The van der Waals surface area contributed by atoms with E-state index in [0.29, 0.717) is 0 Å². The van der Waals surface area contributed by atoms with E-state index >= 15 is 0 Å². The molecule has 1 aliphatic rings. The molecule has 0 spiro atoms. The molecule has 0 aromatic heterocycles. The predicted molar refractivity (Wildman–Crippen MR) is 74.5 cm³/mol. The van der Waals surface area contributed by atoms with Crippen molar-refractivity contribution in [2.75, 3.05) is 0 Å². The fraction of sp³-hybridized carbons (Fsp3) is 0.125. The summed E-state index contributed by atoms with van der Waals surface area (Å²) in [6, 6.07) is 22.1. The highest BCUT2D eigenvalue weighted by Gasteiger charge is 2.44. The third kappa shape index (κ3) is 1.78. The number of hydrogen-bond acceptors (Lipinski definition) is 3. The average Bonchev–Trinajstić information content (AvgIpc) is 2.94. The van der Waals surface area contributed by atoms with Crippen molar-refractivity contribution in [3.8, 4) is 6.07 Å². The van der Waals surface area contributed by atoms with E-state index < -0.39 is 5.54 Å². The first kappa shape index (κ1) is 11.5. The smallest absolute Gasteiger partial charge is 0.177 e. The molecule has 0 aliphatic carbocycles. The van der Waals surface area contributed by atoms with Crippen LogP contribution >= 0.6 is 0 Å². The molecule has 0 saturated carbocycles. The normalized spacial score (nSPS) is 24.7. The monoisotopic (exact) mass is 247 g/mol. The van der Waals surface area contributed by atoms with E-state index in [1.54, 1.807) is 0 Å². The standard InChI is InChI=1S/C16H13N3/c17-12-16(14-9-5-2-6-10-14)15(11-18-19-16)13-7-3-1-4-8-13/h1-11,15,19H. The summed E-state index contributed by atoms with van der Waals surface area (Å²) >= 11 is 0. The van der Waals surface area contributed by atoms with Crippen LogP contribution in [0.25, 0.3) is 0 Å². The second-order valence-electron chi connectivity index (χ2n) is 4.56. The summed E-state index contributed by atoms with van der Waals surface area (Å²) < 4.78 is 0. The van der Waals surface area contributed by atoms with Gasteiger partial charge in [-0.2, -0.15) is 10.4 Å². The highest BCUT2D eigenvalue weighted by molar-refractivity contribution is 5.74. The molecule has 2 atom stereocenters. The average molecular weight is 247 g/mol. The van der Waals surface area contributed by atoms with Crippen molar-refractivity contribution in [3.05, 3.63) is 71.8 Å². The maximum atomic E-state index is 9.71. The third-order valence-corrected chi connectivity index (χ3v) is 3.50. The van der Waals surface area contributed by atoms with Crippen molar-refractivity contribution < 1.29 is 0 Å². The van der Waals surface area contributed by atoms with Crippen LogP contribution in [-0.2, 0) is 5.54 Å². The Bertz CT molecular complexity index is 628. The molecule has 3 rings (SSSR count). The molecule has 1 aliphatic heterocycles. The Morgan fingerprint density at radius 1 is 1.00 bits per heavy atom. The fourth-order valence-corrected chi connectivity index (χ4v) is 2.50. The van der Waals surface area contributed by atoms with Gasteiger partial charge in [0.15, 0.2) is 5.54 Å². The molecular weight excluding hydrogens is 234 g/mol. The molecular formula is C16H13N3. The number of nitrogens with zero attached hydrogens (tertiary/aromatic N) is 2. The molecule has 3 heteroatoms. The van der Waals surface area contributed by atoms with Gasteiger partial charge in [-0.1, -0.05) is 60.7 Å². The van der Waals surface area contributed by atoms with E-state index in [1.165, 1.54) is 0 Å². The zero-order chi connectivity index (χ0) is 13.1. The number of nitriles is 1. The first-order valence-corrected chi connectivity index (χ1v) is 6.19. The Hall–Kier alpha value is -2.60. The minimum atomic E-state index is -0.817. The molecule has 92 valence electrons. The zero-order valence-corrected chi connectivity index (χ0v) is 10.3. The van der Waals surface area contributed by atoms with E-state index in [9.17, 15) is 5.26 Å². The van der Waals surface area contributed by atoms with Crippen LogP contribution in [0.3, 0.4) is 0 Å². The van der Waals surface area contributed by atoms with E-state index in [2.05, 4.69) is 16.6 Å². The number of rotatable bonds is 2. The summed E-state index contributed by atoms with van der Waals surface area (Å²) in [6.45, 7) is 0. The van der Waals surface area contributed by atoms with Crippen molar-refractivity contribution in [2.45, 2.75) is 11.5 Å². The second-order valence-corrected chi connectivity index (χ2v) is 4.56. The van der Waals surface area contributed by atoms with Crippen LogP contribution in [0.5, 0.6) is 0 Å². The second kappa shape index (κ2) is 4.58. The first-order valence-electron chi connectivity index (χ1n) is 6.19. The maximum Gasteiger partial charge on any atom is 0.177 e. The van der Waals surface area contributed by atoms with Crippen molar-refractivity contribution in [3.63, 3.8) is 0 Å². The number of hydrogen-bond donors (Lipinski definition) is 1. The fourth-order valence-electron chi connectivity index (χ4n) is 2.50. The Morgan fingerprint density at radius 2 is 1.63 bits per heavy atom. The summed E-state index contributed by atoms with van der Waals surface area (Å²) in [5.74, 6) is -0.0823. The van der Waals surface area contributed by atoms with Crippen molar-refractivity contribution in [2.24, 2.45) is 5.10 Å². The highest BCUT2D eigenvalue weighted by Crippen LogP contribution is 2.38. The predicted octanol–water partition coefficient (Wildman–Crippen LogP) is 2.78. The van der Waals surface area contributed by atoms with Crippen LogP contribution in [0.4, 0.5) is 0 Å². The minimum Gasteiger partial charge on any atom is -0.285 e. The van der Waals surface area contributed by atoms with E-state index in [0.717, 1.165) is 11.1 Å². The maximum absolute atomic E-state index is 9.71. The largest absolute Gasteiger partial charge is 0.285 e. The summed E-state index contributed by atoms with van der Waals surface area (Å²) in [5, 5.41) is 13.9. The number of hydrazone groups is 1. The van der Waals surface area contributed by atoms with Gasteiger partial charge in [0.25, 0.3) is 0 Å². The van der Waals surface area contributed by atoms with Gasteiger partial charge in [0.05, 0.1) is 12.0 Å². The quantitative estimate of drug-likeness (QED) is 0.887. The SMILES string of the molecule is N#CC1(c2ccccc2)NN=CC1c1ccccc1. The molecule has 2 aromatic carbocycles. The molecule has 2 aromatic rings. The van der Waals surface area contributed by atoms with Crippen molar-refractivity contribution in [1.29, 1.82) is 5.26 Å². The lowest BCUT2D eigenvalue weighted by atomic mass is 9.77. The van der Waals surface area contributed by atoms with Gasteiger partial charge < -0.3 is 0 Å². The van der Waals surface area contributed by atoms with Gasteiger partial charge in [-0.15, -0.1) is 0 Å². The summed E-state index contributed by atoms with van der Waals surface area (Å²) in [7, 11) is 0. The van der Waals surface area contributed by atoms with Crippen molar-refractivity contribution in [1.82, 2.24) is 5.43 Å². The Labute approximate surface area is 112 Å². The first-order chi connectivity index (χ1) is 9.37. The van der Waals surface area contributed by atoms with Gasteiger partial charge in [-0.25, -0.2) is 0 Å². The Kier molecular flexibility index (Phi) is 2.77. The van der Waals surface area contributed by atoms with Crippen LogP contribution in [0.15, 0.2) is 65.8 Å². The van der Waals surface area contributed by atoms with E-state index in [4.69, 9.17) is 0 Å². The van der Waals surface area contributed by atoms with Gasteiger partial charge in [-0.3, -0.25) is 5.43 Å². The lowest BCUT2D eigenvalue weighted by molar-refractivity contribution is 0.452. The molecule has 0 saturated heterocycles. The van der Waals surface area contributed by atoms with Crippen LogP contribution in [-0.4, -0.2) is 6.21 Å². The van der Waals surface area contributed by atoms with Crippen molar-refractivity contribution >= 4 is 6.21 Å². The molecule has 19 heavy (non-hydrogen) atoms. The molecule has 1 heterocycles. The van der Waals surface area contributed by atoms with Crippen LogP contribution < -0.4 is 5.43 Å². The van der Waals surface area contributed by atoms with Gasteiger partial charge in [-0.05, 0) is 11.1 Å². The van der Waals surface area contributed by atoms with Gasteiger partial charge in [0.2, 0.25) is 0 Å². The van der Waals surface area contributed by atoms with Crippen LogP contribution in [0, 0.1) is 11.3 Å². The molecule has 0 fully saturated rings. The topological polar surface area (TPSA) is 48.2 Å². The summed E-state index contributed by atoms with van der Waals surface area (Å²) in [5.41, 5.74) is 4.20. The van der Waals surface area contributed by atoms with Gasteiger partial charge in [0.1, 0.15) is 0 Å². The van der Waals surface area contributed by atoms with Gasteiger partial charge in [0, 0.05) is 6.21 Å². The summed E-state index contributed by atoms with van der Waals surface area (Å²) in [4.78, 5) is 0. The molecule has 0 bridgehead atoms.